The Labute approximate surface area is 96.3 Å². The van der Waals surface area contributed by atoms with Gasteiger partial charge >= 0.3 is 0 Å². The second-order valence-corrected chi connectivity index (χ2v) is 5.57. The molecule has 0 spiro atoms. The van der Waals surface area contributed by atoms with Crippen LogP contribution in [-0.2, 0) is 10.0 Å². The Kier molecular flexibility index (Phi) is 3.88. The molecule has 0 radical (unpaired) electrons. The lowest BCUT2D eigenvalue weighted by atomic mass is 10.4. The summed E-state index contributed by atoms with van der Waals surface area (Å²) in [5.74, 6) is 0. The van der Waals surface area contributed by atoms with Gasteiger partial charge in [0, 0.05) is 25.0 Å². The highest BCUT2D eigenvalue weighted by Crippen LogP contribution is 2.22. The number of nitrogens with two attached hydrogens (primary N) is 1. The second kappa shape index (κ2) is 4.80. The second-order valence-electron chi connectivity index (χ2n) is 3.72. The minimum absolute atomic E-state index is 0.0746. The van der Waals surface area contributed by atoms with Gasteiger partial charge in [-0.25, -0.2) is 8.42 Å². The van der Waals surface area contributed by atoms with Crippen molar-refractivity contribution >= 4 is 15.7 Å². The van der Waals surface area contributed by atoms with E-state index >= 15 is 0 Å². The average Bonchev–Trinajstić information content (AvgIpc) is 2.17. The predicted molar refractivity (Wildman–Crippen MR) is 63.4 cm³/mol. The Morgan fingerprint density at radius 1 is 1.50 bits per heavy atom. The number of rotatable bonds is 4. The fourth-order valence-electron chi connectivity index (χ4n) is 1.55. The third-order valence-electron chi connectivity index (χ3n) is 2.29. The van der Waals surface area contributed by atoms with Gasteiger partial charge in [0.15, 0.2) is 0 Å². The molecule has 2 N–H and O–H groups in total. The summed E-state index contributed by atoms with van der Waals surface area (Å²) in [5.41, 5.74) is 5.88. The summed E-state index contributed by atoms with van der Waals surface area (Å²) >= 11 is 0. The van der Waals surface area contributed by atoms with Gasteiger partial charge in [-0.1, -0.05) is 6.92 Å². The van der Waals surface area contributed by atoms with E-state index in [0.717, 1.165) is 0 Å². The Bertz CT molecular complexity index is 457. The van der Waals surface area contributed by atoms with Crippen molar-refractivity contribution in [3.63, 3.8) is 0 Å². The molecule has 16 heavy (non-hydrogen) atoms. The molecular weight excluding hydrogens is 226 g/mol. The van der Waals surface area contributed by atoms with Crippen molar-refractivity contribution in [1.82, 2.24) is 9.29 Å². The largest absolute Gasteiger partial charge is 0.398 e. The van der Waals surface area contributed by atoms with Crippen molar-refractivity contribution in [2.45, 2.75) is 31.7 Å². The molecule has 1 aromatic heterocycles. The molecule has 0 fully saturated rings. The van der Waals surface area contributed by atoms with Crippen molar-refractivity contribution in [3.8, 4) is 0 Å². The smallest absolute Gasteiger partial charge is 0.246 e. The standard InChI is InChI=1S/C10H17N3O2S/c1-4-13(8(2)3)16(14,15)10-7-12-6-5-9(10)11/h5-8H,4H2,1-3H3,(H2,11,12). The topological polar surface area (TPSA) is 76.3 Å². The Balaban J connectivity index is 3.26. The number of sulfonamides is 1. The molecule has 6 heteroatoms. The number of anilines is 1. The van der Waals surface area contributed by atoms with Crippen LogP contribution in [0.3, 0.4) is 0 Å². The lowest BCUT2D eigenvalue weighted by molar-refractivity contribution is 0.369. The first-order valence-corrected chi connectivity index (χ1v) is 6.56. The van der Waals surface area contributed by atoms with Crippen LogP contribution in [0.25, 0.3) is 0 Å². The molecule has 1 rings (SSSR count). The van der Waals surface area contributed by atoms with E-state index in [4.69, 9.17) is 5.73 Å². The maximum atomic E-state index is 12.2. The number of hydrogen-bond acceptors (Lipinski definition) is 4. The molecule has 0 unspecified atom stereocenters. The Hall–Kier alpha value is -1.14. The number of aromatic nitrogens is 1. The van der Waals surface area contributed by atoms with E-state index in [2.05, 4.69) is 4.98 Å². The molecule has 90 valence electrons. The third kappa shape index (κ3) is 2.33. The zero-order valence-electron chi connectivity index (χ0n) is 9.71. The molecule has 0 amide bonds. The number of nitrogens with zero attached hydrogens (tertiary/aromatic N) is 2. The first-order chi connectivity index (χ1) is 7.41. The molecule has 0 aliphatic carbocycles. The third-order valence-corrected chi connectivity index (χ3v) is 4.48. The van der Waals surface area contributed by atoms with Crippen LogP contribution in [0.1, 0.15) is 20.8 Å². The first kappa shape index (κ1) is 12.9. The summed E-state index contributed by atoms with van der Waals surface area (Å²) < 4.78 is 25.9. The van der Waals surface area contributed by atoms with Gasteiger partial charge in [-0.05, 0) is 19.9 Å². The molecule has 0 atom stereocenters. The molecule has 1 heterocycles. The van der Waals surface area contributed by atoms with Crippen LogP contribution in [-0.4, -0.2) is 30.3 Å². The fraction of sp³-hybridized carbons (Fsp3) is 0.500. The van der Waals surface area contributed by atoms with Gasteiger partial charge in [-0.2, -0.15) is 4.31 Å². The quantitative estimate of drug-likeness (QED) is 0.858. The number of hydrogen-bond donors (Lipinski definition) is 1. The maximum absolute atomic E-state index is 12.2. The molecule has 5 nitrogen and oxygen atoms in total. The molecule has 0 saturated heterocycles. The van der Waals surface area contributed by atoms with E-state index in [-0.39, 0.29) is 16.6 Å². The van der Waals surface area contributed by atoms with E-state index in [1.807, 2.05) is 13.8 Å². The minimum atomic E-state index is -3.54. The van der Waals surface area contributed by atoms with E-state index < -0.39 is 10.0 Å². The van der Waals surface area contributed by atoms with Crippen LogP contribution in [0.5, 0.6) is 0 Å². The van der Waals surface area contributed by atoms with Gasteiger partial charge in [-0.15, -0.1) is 0 Å². The van der Waals surface area contributed by atoms with Crippen molar-refractivity contribution in [2.75, 3.05) is 12.3 Å². The highest BCUT2D eigenvalue weighted by atomic mass is 32.2. The zero-order valence-corrected chi connectivity index (χ0v) is 10.5. The summed E-state index contributed by atoms with van der Waals surface area (Å²) in [6.45, 7) is 5.86. The maximum Gasteiger partial charge on any atom is 0.246 e. The summed E-state index contributed by atoms with van der Waals surface area (Å²) in [4.78, 5) is 3.88. The van der Waals surface area contributed by atoms with Gasteiger partial charge in [0.05, 0.1) is 5.69 Å². The van der Waals surface area contributed by atoms with E-state index in [0.29, 0.717) is 6.54 Å². The Morgan fingerprint density at radius 2 is 2.12 bits per heavy atom. The Morgan fingerprint density at radius 3 is 2.56 bits per heavy atom. The van der Waals surface area contributed by atoms with E-state index in [9.17, 15) is 8.42 Å². The zero-order chi connectivity index (χ0) is 12.3. The van der Waals surface area contributed by atoms with Crippen molar-refractivity contribution < 1.29 is 8.42 Å². The molecule has 0 saturated carbocycles. The fourth-order valence-corrected chi connectivity index (χ4v) is 3.25. The minimum Gasteiger partial charge on any atom is -0.398 e. The van der Waals surface area contributed by atoms with Gasteiger partial charge in [-0.3, -0.25) is 4.98 Å². The molecular formula is C10H17N3O2S. The van der Waals surface area contributed by atoms with Crippen LogP contribution >= 0.6 is 0 Å². The summed E-state index contributed by atoms with van der Waals surface area (Å²) in [6.07, 6.45) is 2.76. The molecule has 0 bridgehead atoms. The lowest BCUT2D eigenvalue weighted by Crippen LogP contribution is -2.37. The first-order valence-electron chi connectivity index (χ1n) is 5.12. The molecule has 0 aliphatic rings. The number of pyridine rings is 1. The molecule has 0 aliphatic heterocycles. The highest BCUT2D eigenvalue weighted by molar-refractivity contribution is 7.89. The van der Waals surface area contributed by atoms with Crippen LogP contribution < -0.4 is 5.73 Å². The van der Waals surface area contributed by atoms with Gasteiger partial charge < -0.3 is 5.73 Å². The average molecular weight is 243 g/mol. The van der Waals surface area contributed by atoms with Crippen LogP contribution in [0.15, 0.2) is 23.4 Å². The van der Waals surface area contributed by atoms with Crippen molar-refractivity contribution in [3.05, 3.63) is 18.5 Å². The summed E-state index contributed by atoms with van der Waals surface area (Å²) in [6, 6.07) is 1.38. The SMILES string of the molecule is CCN(C(C)C)S(=O)(=O)c1cnccc1N. The van der Waals surface area contributed by atoms with E-state index in [1.54, 1.807) is 6.92 Å². The van der Waals surface area contributed by atoms with Gasteiger partial charge in [0.1, 0.15) is 4.90 Å². The number of nitrogen functional groups attached to an aromatic ring is 1. The van der Waals surface area contributed by atoms with E-state index in [1.165, 1.54) is 22.8 Å². The van der Waals surface area contributed by atoms with Crippen LogP contribution in [0, 0.1) is 0 Å². The molecule has 1 aromatic rings. The monoisotopic (exact) mass is 243 g/mol. The molecule has 0 aromatic carbocycles. The highest BCUT2D eigenvalue weighted by Gasteiger charge is 2.27. The van der Waals surface area contributed by atoms with Crippen molar-refractivity contribution in [2.24, 2.45) is 0 Å². The van der Waals surface area contributed by atoms with Crippen molar-refractivity contribution in [1.29, 1.82) is 0 Å². The normalized spacial score (nSPS) is 12.3. The van der Waals surface area contributed by atoms with Gasteiger partial charge in [0.2, 0.25) is 10.0 Å². The summed E-state index contributed by atoms with van der Waals surface area (Å²) in [7, 11) is -3.54. The van der Waals surface area contributed by atoms with Crippen LogP contribution in [0.2, 0.25) is 0 Å². The van der Waals surface area contributed by atoms with Crippen LogP contribution in [0.4, 0.5) is 5.69 Å². The lowest BCUT2D eigenvalue weighted by Gasteiger charge is -2.24. The predicted octanol–water partition coefficient (Wildman–Crippen LogP) is 1.08. The van der Waals surface area contributed by atoms with Gasteiger partial charge in [0.25, 0.3) is 0 Å². The summed E-state index contributed by atoms with van der Waals surface area (Å²) in [5, 5.41) is 0.